The van der Waals surface area contributed by atoms with Crippen LogP contribution in [-0.4, -0.2) is 47.3 Å². The number of nitrogens with two attached hydrogens (primary N) is 1. The zero-order valence-corrected chi connectivity index (χ0v) is 18.4. The van der Waals surface area contributed by atoms with Gasteiger partial charge in [0, 0.05) is 31.1 Å². The molecular formula is C24H26N4O5. The third-order valence-corrected chi connectivity index (χ3v) is 6.04. The minimum absolute atomic E-state index is 0.0277. The van der Waals surface area contributed by atoms with E-state index in [9.17, 15) is 19.2 Å². The lowest BCUT2D eigenvalue weighted by atomic mass is 9.98. The number of hydrogen-bond acceptors (Lipinski definition) is 5. The van der Waals surface area contributed by atoms with Gasteiger partial charge in [0.05, 0.1) is 24.3 Å². The predicted molar refractivity (Wildman–Crippen MR) is 122 cm³/mol. The SMILES string of the molecule is C[C@]12CCC(=O)N1c1ccccc1C(=O)N2CCC(=O)Nc1cccc(OCCC(N)=O)c1. The molecule has 9 nitrogen and oxygen atoms in total. The Morgan fingerprint density at radius 2 is 1.91 bits per heavy atom. The van der Waals surface area contributed by atoms with Gasteiger partial charge in [0.2, 0.25) is 17.7 Å². The lowest BCUT2D eigenvalue weighted by Crippen LogP contribution is -2.62. The molecule has 0 unspecified atom stereocenters. The zero-order valence-electron chi connectivity index (χ0n) is 18.4. The van der Waals surface area contributed by atoms with Crippen LogP contribution in [0.2, 0.25) is 0 Å². The summed E-state index contributed by atoms with van der Waals surface area (Å²) in [6.07, 6.45) is 1.03. The van der Waals surface area contributed by atoms with Crippen molar-refractivity contribution in [2.45, 2.75) is 38.3 Å². The fourth-order valence-corrected chi connectivity index (χ4v) is 4.41. The van der Waals surface area contributed by atoms with Gasteiger partial charge in [-0.15, -0.1) is 0 Å². The number of rotatable bonds is 8. The van der Waals surface area contributed by atoms with E-state index >= 15 is 0 Å². The highest BCUT2D eigenvalue weighted by molar-refractivity contribution is 6.10. The van der Waals surface area contributed by atoms with Crippen LogP contribution >= 0.6 is 0 Å². The van der Waals surface area contributed by atoms with Crippen molar-refractivity contribution >= 4 is 35.0 Å². The smallest absolute Gasteiger partial charge is 0.257 e. The molecule has 1 saturated heterocycles. The summed E-state index contributed by atoms with van der Waals surface area (Å²) in [5.41, 5.74) is 5.94. The molecule has 4 amide bonds. The van der Waals surface area contributed by atoms with Crippen molar-refractivity contribution in [1.82, 2.24) is 4.90 Å². The van der Waals surface area contributed by atoms with Gasteiger partial charge in [-0.2, -0.15) is 0 Å². The maximum atomic E-state index is 13.2. The first-order valence-electron chi connectivity index (χ1n) is 10.8. The lowest BCUT2D eigenvalue weighted by Gasteiger charge is -2.48. The standard InChI is InChI=1S/C24H26N4O5/c1-24-12-9-22(31)28(24)19-8-3-2-7-18(19)23(32)27(24)13-10-21(30)26-16-5-4-6-17(15-16)33-14-11-20(25)29/h2-8,15H,9-14H2,1H3,(H2,25,29)(H,26,30)/t24-/m1/s1. The molecule has 0 radical (unpaired) electrons. The van der Waals surface area contributed by atoms with E-state index < -0.39 is 11.6 Å². The summed E-state index contributed by atoms with van der Waals surface area (Å²) in [6.45, 7) is 2.20. The maximum Gasteiger partial charge on any atom is 0.257 e. The summed E-state index contributed by atoms with van der Waals surface area (Å²) in [4.78, 5) is 52.7. The van der Waals surface area contributed by atoms with Gasteiger partial charge >= 0.3 is 0 Å². The number of benzene rings is 2. The van der Waals surface area contributed by atoms with Gasteiger partial charge in [0.25, 0.3) is 5.91 Å². The molecule has 2 heterocycles. The van der Waals surface area contributed by atoms with Crippen LogP contribution in [0.25, 0.3) is 0 Å². The highest BCUT2D eigenvalue weighted by atomic mass is 16.5. The number of primary amides is 1. The van der Waals surface area contributed by atoms with E-state index in [0.29, 0.717) is 35.5 Å². The van der Waals surface area contributed by atoms with Crippen LogP contribution < -0.4 is 20.7 Å². The highest BCUT2D eigenvalue weighted by Crippen LogP contribution is 2.43. The topological polar surface area (TPSA) is 122 Å². The Labute approximate surface area is 191 Å². The number of carbonyl (C=O) groups is 4. The number of carbonyl (C=O) groups excluding carboxylic acids is 4. The number of nitrogens with zero attached hydrogens (tertiary/aromatic N) is 2. The third-order valence-electron chi connectivity index (χ3n) is 6.04. The predicted octanol–water partition coefficient (Wildman–Crippen LogP) is 2.27. The van der Waals surface area contributed by atoms with Gasteiger partial charge in [-0.05, 0) is 37.6 Å². The molecular weight excluding hydrogens is 424 g/mol. The third kappa shape index (κ3) is 4.39. The molecule has 0 spiro atoms. The first-order valence-corrected chi connectivity index (χ1v) is 10.8. The van der Waals surface area contributed by atoms with E-state index in [0.717, 1.165) is 0 Å². The zero-order chi connectivity index (χ0) is 23.6. The molecule has 2 aromatic rings. The second kappa shape index (κ2) is 8.93. The molecule has 0 saturated carbocycles. The van der Waals surface area contributed by atoms with Crippen molar-refractivity contribution in [3.63, 3.8) is 0 Å². The number of hydrogen-bond donors (Lipinski definition) is 2. The minimum atomic E-state index is -0.795. The van der Waals surface area contributed by atoms with Crippen LogP contribution in [0.1, 0.15) is 43.0 Å². The summed E-state index contributed by atoms with van der Waals surface area (Å²) >= 11 is 0. The Bertz CT molecular complexity index is 1120. The van der Waals surface area contributed by atoms with Crippen LogP contribution in [-0.2, 0) is 14.4 Å². The molecule has 172 valence electrons. The van der Waals surface area contributed by atoms with E-state index in [4.69, 9.17) is 10.5 Å². The Kier molecular flexibility index (Phi) is 6.04. The van der Waals surface area contributed by atoms with E-state index in [1.54, 1.807) is 52.3 Å². The number of ether oxygens (including phenoxy) is 1. The van der Waals surface area contributed by atoms with Gasteiger partial charge in [-0.25, -0.2) is 0 Å². The second-order valence-corrected chi connectivity index (χ2v) is 8.31. The van der Waals surface area contributed by atoms with Crippen molar-refractivity contribution < 1.29 is 23.9 Å². The van der Waals surface area contributed by atoms with Crippen LogP contribution in [0, 0.1) is 0 Å². The van der Waals surface area contributed by atoms with E-state index in [2.05, 4.69) is 5.32 Å². The first kappa shape index (κ1) is 22.3. The summed E-state index contributed by atoms with van der Waals surface area (Å²) in [6, 6.07) is 13.9. The highest BCUT2D eigenvalue weighted by Gasteiger charge is 2.52. The van der Waals surface area contributed by atoms with Crippen LogP contribution in [0.5, 0.6) is 5.75 Å². The monoisotopic (exact) mass is 450 g/mol. The Hall–Kier alpha value is -3.88. The largest absolute Gasteiger partial charge is 0.493 e. The number of amides is 4. The first-order chi connectivity index (χ1) is 15.8. The van der Waals surface area contributed by atoms with Gasteiger partial charge in [-0.3, -0.25) is 24.1 Å². The summed E-state index contributed by atoms with van der Waals surface area (Å²) in [5.74, 6) is -0.429. The quantitative estimate of drug-likeness (QED) is 0.639. The van der Waals surface area contributed by atoms with E-state index in [1.165, 1.54) is 0 Å². The van der Waals surface area contributed by atoms with E-state index in [-0.39, 0.29) is 43.7 Å². The average molecular weight is 450 g/mol. The molecule has 0 aromatic heterocycles. The van der Waals surface area contributed by atoms with Gasteiger partial charge in [0.1, 0.15) is 11.4 Å². The van der Waals surface area contributed by atoms with Crippen molar-refractivity contribution in [2.75, 3.05) is 23.4 Å². The second-order valence-electron chi connectivity index (χ2n) is 8.31. The average Bonchev–Trinajstić information content (AvgIpc) is 3.09. The lowest BCUT2D eigenvalue weighted by molar-refractivity contribution is -0.119. The normalized spacial score (nSPS) is 19.2. The van der Waals surface area contributed by atoms with Crippen molar-refractivity contribution in [2.24, 2.45) is 5.73 Å². The molecule has 9 heteroatoms. The Morgan fingerprint density at radius 1 is 1.12 bits per heavy atom. The molecule has 1 fully saturated rings. The number of para-hydroxylation sites is 1. The molecule has 4 rings (SSSR count). The van der Waals surface area contributed by atoms with Crippen molar-refractivity contribution in [3.8, 4) is 5.75 Å². The molecule has 2 aliphatic rings. The van der Waals surface area contributed by atoms with Crippen molar-refractivity contribution in [3.05, 3.63) is 54.1 Å². The van der Waals surface area contributed by atoms with Crippen LogP contribution in [0.3, 0.4) is 0 Å². The number of nitrogens with one attached hydrogen (secondary N) is 1. The molecule has 1 atom stereocenters. The minimum Gasteiger partial charge on any atom is -0.493 e. The molecule has 0 aliphatic carbocycles. The fourth-order valence-electron chi connectivity index (χ4n) is 4.41. The number of fused-ring (bicyclic) bond motifs is 3. The molecule has 2 aromatic carbocycles. The van der Waals surface area contributed by atoms with Crippen LogP contribution in [0.15, 0.2) is 48.5 Å². The maximum absolute atomic E-state index is 13.2. The van der Waals surface area contributed by atoms with Crippen LogP contribution in [0.4, 0.5) is 11.4 Å². The fraction of sp³-hybridized carbons (Fsp3) is 0.333. The molecule has 3 N–H and O–H groups in total. The summed E-state index contributed by atoms with van der Waals surface area (Å²) in [7, 11) is 0. The Balaban J connectivity index is 1.43. The van der Waals surface area contributed by atoms with Gasteiger partial charge in [0.15, 0.2) is 0 Å². The summed E-state index contributed by atoms with van der Waals surface area (Å²) < 4.78 is 5.47. The van der Waals surface area contributed by atoms with E-state index in [1.807, 2.05) is 13.0 Å². The molecule has 2 aliphatic heterocycles. The van der Waals surface area contributed by atoms with Crippen molar-refractivity contribution in [1.29, 1.82) is 0 Å². The van der Waals surface area contributed by atoms with Gasteiger partial charge in [-0.1, -0.05) is 18.2 Å². The Morgan fingerprint density at radius 3 is 2.70 bits per heavy atom. The summed E-state index contributed by atoms with van der Waals surface area (Å²) in [5, 5.41) is 2.81. The molecule has 0 bridgehead atoms. The number of anilines is 2. The van der Waals surface area contributed by atoms with Gasteiger partial charge < -0.3 is 20.7 Å². The molecule has 33 heavy (non-hydrogen) atoms.